The number of aryl methyl sites for hydroxylation is 2. The Labute approximate surface area is 90.6 Å². The highest BCUT2D eigenvalue weighted by Crippen LogP contribution is 2.23. The van der Waals surface area contributed by atoms with Crippen LogP contribution in [0.15, 0.2) is 4.42 Å². The van der Waals surface area contributed by atoms with E-state index in [-0.39, 0.29) is 5.97 Å². The molecule has 0 saturated heterocycles. The van der Waals surface area contributed by atoms with E-state index in [9.17, 15) is 4.79 Å². The van der Waals surface area contributed by atoms with Crippen LogP contribution in [0.2, 0.25) is 0 Å². The summed E-state index contributed by atoms with van der Waals surface area (Å²) in [5, 5.41) is 0. The van der Waals surface area contributed by atoms with Gasteiger partial charge in [-0.05, 0) is 43.4 Å². The van der Waals surface area contributed by atoms with E-state index in [1.54, 1.807) is 13.8 Å². The average molecular weight is 294 g/mol. The minimum absolute atomic E-state index is 0.304. The second-order valence-electron chi connectivity index (χ2n) is 2.62. The summed E-state index contributed by atoms with van der Waals surface area (Å²) in [6.07, 6.45) is 0. The van der Waals surface area contributed by atoms with E-state index in [2.05, 4.69) is 22.6 Å². The van der Waals surface area contributed by atoms with Crippen LogP contribution in [-0.2, 0) is 4.74 Å². The lowest BCUT2D eigenvalue weighted by atomic mass is 10.2. The van der Waals surface area contributed by atoms with Crippen molar-refractivity contribution in [2.45, 2.75) is 20.8 Å². The first-order chi connectivity index (χ1) is 6.07. The third kappa shape index (κ3) is 2.04. The molecule has 0 amide bonds. The number of carbonyl (C=O) groups excluding carboxylic acids is 1. The molecule has 0 aliphatic carbocycles. The summed E-state index contributed by atoms with van der Waals surface area (Å²) >= 11 is 2.09. The molecule has 0 aliphatic rings. The predicted molar refractivity (Wildman–Crippen MR) is 56.9 cm³/mol. The summed E-state index contributed by atoms with van der Waals surface area (Å²) in [6, 6.07) is 0. The van der Waals surface area contributed by atoms with Gasteiger partial charge in [0.05, 0.1) is 10.2 Å². The van der Waals surface area contributed by atoms with Crippen LogP contribution >= 0.6 is 22.6 Å². The number of furan rings is 1. The minimum Gasteiger partial charge on any atom is -0.465 e. The van der Waals surface area contributed by atoms with Crippen LogP contribution in [0.3, 0.4) is 0 Å². The molecule has 1 aromatic heterocycles. The largest absolute Gasteiger partial charge is 0.465 e. The molecule has 0 spiro atoms. The van der Waals surface area contributed by atoms with Gasteiger partial charge in [0.25, 0.3) is 0 Å². The van der Waals surface area contributed by atoms with Gasteiger partial charge in [-0.2, -0.15) is 0 Å². The zero-order valence-electron chi connectivity index (χ0n) is 7.81. The molecule has 1 rings (SSSR count). The molecule has 0 fully saturated rings. The zero-order valence-corrected chi connectivity index (χ0v) is 9.97. The quantitative estimate of drug-likeness (QED) is 0.622. The van der Waals surface area contributed by atoms with Crippen molar-refractivity contribution < 1.29 is 13.9 Å². The number of ether oxygens (including phenoxy) is 1. The maximum atomic E-state index is 11.4. The van der Waals surface area contributed by atoms with E-state index in [0.29, 0.717) is 17.9 Å². The van der Waals surface area contributed by atoms with Gasteiger partial charge in [-0.25, -0.2) is 4.79 Å². The summed E-state index contributed by atoms with van der Waals surface area (Å²) in [6.45, 7) is 5.77. The Morgan fingerprint density at radius 1 is 1.46 bits per heavy atom. The van der Waals surface area contributed by atoms with Crippen molar-refractivity contribution in [1.29, 1.82) is 0 Å². The minimum atomic E-state index is -0.304. The molecule has 0 aromatic carbocycles. The summed E-state index contributed by atoms with van der Waals surface area (Å²) in [4.78, 5) is 11.4. The summed E-state index contributed by atoms with van der Waals surface area (Å²) in [7, 11) is 0. The molecule has 3 nitrogen and oxygen atoms in total. The lowest BCUT2D eigenvalue weighted by Gasteiger charge is -1.99. The fourth-order valence-corrected chi connectivity index (χ4v) is 1.80. The Kier molecular flexibility index (Phi) is 3.35. The lowest BCUT2D eigenvalue weighted by Crippen LogP contribution is -2.06. The van der Waals surface area contributed by atoms with Gasteiger partial charge in [0.15, 0.2) is 0 Å². The van der Waals surface area contributed by atoms with Crippen LogP contribution in [0, 0.1) is 17.4 Å². The zero-order chi connectivity index (χ0) is 10.0. The number of halogens is 1. The number of hydrogen-bond acceptors (Lipinski definition) is 3. The van der Waals surface area contributed by atoms with Gasteiger partial charge in [-0.15, -0.1) is 0 Å². The molecule has 13 heavy (non-hydrogen) atoms. The Balaban J connectivity index is 3.06. The second-order valence-corrected chi connectivity index (χ2v) is 3.70. The van der Waals surface area contributed by atoms with Crippen molar-refractivity contribution in [3.63, 3.8) is 0 Å². The monoisotopic (exact) mass is 294 g/mol. The molecule has 0 atom stereocenters. The molecule has 1 heterocycles. The van der Waals surface area contributed by atoms with Crippen molar-refractivity contribution in [3.05, 3.63) is 20.7 Å². The maximum absolute atomic E-state index is 11.4. The third-order valence-electron chi connectivity index (χ3n) is 1.67. The number of rotatable bonds is 2. The number of esters is 1. The van der Waals surface area contributed by atoms with Crippen LogP contribution in [0.25, 0.3) is 0 Å². The Bertz CT molecular complexity index is 328. The van der Waals surface area contributed by atoms with E-state index in [0.717, 1.165) is 9.33 Å². The highest BCUT2D eigenvalue weighted by Gasteiger charge is 2.20. The standard InChI is InChI=1S/C9H11IO3/c1-4-12-9(11)7-5(2)13-6(3)8(7)10/h4H2,1-3H3. The Hall–Kier alpha value is -0.520. The first kappa shape index (κ1) is 10.6. The van der Waals surface area contributed by atoms with Crippen molar-refractivity contribution in [3.8, 4) is 0 Å². The van der Waals surface area contributed by atoms with Crippen molar-refractivity contribution in [2.24, 2.45) is 0 Å². The molecule has 0 aliphatic heterocycles. The van der Waals surface area contributed by atoms with Gasteiger partial charge < -0.3 is 9.15 Å². The SMILES string of the molecule is CCOC(=O)c1c(C)oc(C)c1I. The first-order valence-electron chi connectivity index (χ1n) is 4.00. The first-order valence-corrected chi connectivity index (χ1v) is 5.08. The number of carbonyl (C=O) groups is 1. The molecular weight excluding hydrogens is 283 g/mol. The highest BCUT2D eigenvalue weighted by molar-refractivity contribution is 14.1. The fourth-order valence-electron chi connectivity index (χ4n) is 1.09. The predicted octanol–water partition coefficient (Wildman–Crippen LogP) is 2.68. The topological polar surface area (TPSA) is 39.4 Å². The van der Waals surface area contributed by atoms with Gasteiger partial charge >= 0.3 is 5.97 Å². The molecular formula is C9H11IO3. The fraction of sp³-hybridized carbons (Fsp3) is 0.444. The van der Waals surface area contributed by atoms with Gasteiger partial charge in [0, 0.05) is 0 Å². The molecule has 1 aromatic rings. The van der Waals surface area contributed by atoms with E-state index in [1.807, 2.05) is 6.92 Å². The van der Waals surface area contributed by atoms with E-state index < -0.39 is 0 Å². The summed E-state index contributed by atoms with van der Waals surface area (Å²) in [5.74, 6) is 1.09. The Morgan fingerprint density at radius 3 is 2.46 bits per heavy atom. The van der Waals surface area contributed by atoms with Crippen LogP contribution in [0.1, 0.15) is 28.8 Å². The molecule has 4 heteroatoms. The van der Waals surface area contributed by atoms with Gasteiger partial charge in [-0.3, -0.25) is 0 Å². The molecule has 0 saturated carbocycles. The van der Waals surface area contributed by atoms with E-state index in [4.69, 9.17) is 9.15 Å². The molecule has 72 valence electrons. The van der Waals surface area contributed by atoms with Gasteiger partial charge in [0.1, 0.15) is 17.1 Å². The summed E-state index contributed by atoms with van der Waals surface area (Å²) < 4.78 is 11.0. The van der Waals surface area contributed by atoms with Crippen molar-refractivity contribution in [2.75, 3.05) is 6.61 Å². The Morgan fingerprint density at radius 2 is 2.08 bits per heavy atom. The average Bonchev–Trinajstić information content (AvgIpc) is 2.27. The van der Waals surface area contributed by atoms with Crippen LogP contribution in [0.4, 0.5) is 0 Å². The second kappa shape index (κ2) is 4.13. The van der Waals surface area contributed by atoms with Crippen LogP contribution < -0.4 is 0 Å². The molecule has 0 radical (unpaired) electrons. The van der Waals surface area contributed by atoms with Crippen LogP contribution in [0.5, 0.6) is 0 Å². The smallest absolute Gasteiger partial charge is 0.342 e. The summed E-state index contributed by atoms with van der Waals surface area (Å²) in [5.41, 5.74) is 0.556. The normalized spacial score (nSPS) is 10.2. The number of hydrogen-bond donors (Lipinski definition) is 0. The maximum Gasteiger partial charge on any atom is 0.342 e. The molecule has 0 N–H and O–H groups in total. The van der Waals surface area contributed by atoms with Gasteiger partial charge in [-0.1, -0.05) is 0 Å². The van der Waals surface area contributed by atoms with E-state index in [1.165, 1.54) is 0 Å². The van der Waals surface area contributed by atoms with Crippen LogP contribution in [-0.4, -0.2) is 12.6 Å². The van der Waals surface area contributed by atoms with Crippen molar-refractivity contribution >= 4 is 28.6 Å². The highest BCUT2D eigenvalue weighted by atomic mass is 127. The molecule has 0 bridgehead atoms. The lowest BCUT2D eigenvalue weighted by molar-refractivity contribution is 0.0523. The van der Waals surface area contributed by atoms with Gasteiger partial charge in [0.2, 0.25) is 0 Å². The molecule has 0 unspecified atom stereocenters. The van der Waals surface area contributed by atoms with E-state index >= 15 is 0 Å². The third-order valence-corrected chi connectivity index (χ3v) is 2.97. The van der Waals surface area contributed by atoms with Crippen molar-refractivity contribution in [1.82, 2.24) is 0 Å².